The van der Waals surface area contributed by atoms with Crippen molar-refractivity contribution < 1.29 is 9.53 Å². The number of aromatic nitrogens is 1. The molecule has 1 N–H and O–H groups in total. The first-order valence-electron chi connectivity index (χ1n) is 11.5. The van der Waals surface area contributed by atoms with Crippen LogP contribution in [0.2, 0.25) is 0 Å². The van der Waals surface area contributed by atoms with Gasteiger partial charge in [-0.05, 0) is 68.5 Å². The molecule has 0 unspecified atom stereocenters. The Kier molecular flexibility index (Phi) is 7.43. The van der Waals surface area contributed by atoms with E-state index in [0.717, 1.165) is 22.6 Å². The summed E-state index contributed by atoms with van der Waals surface area (Å²) in [6.45, 7) is 2.12. The van der Waals surface area contributed by atoms with Crippen LogP contribution in [0.15, 0.2) is 102 Å². The molecule has 6 nitrogen and oxygen atoms in total. The lowest BCUT2D eigenvalue weighted by Crippen LogP contribution is -2.38. The lowest BCUT2D eigenvalue weighted by atomic mass is 10.1. The van der Waals surface area contributed by atoms with Crippen LogP contribution in [0.1, 0.15) is 12.5 Å². The van der Waals surface area contributed by atoms with Crippen LogP contribution in [0.5, 0.6) is 11.5 Å². The van der Waals surface area contributed by atoms with E-state index in [1.807, 2.05) is 105 Å². The molecule has 0 aliphatic rings. The van der Waals surface area contributed by atoms with Crippen molar-refractivity contribution in [3.63, 3.8) is 0 Å². The molecule has 1 heterocycles. The van der Waals surface area contributed by atoms with Crippen molar-refractivity contribution in [2.45, 2.75) is 19.5 Å². The minimum atomic E-state index is -0.372. The van der Waals surface area contributed by atoms with E-state index in [1.165, 1.54) is 0 Å². The number of ether oxygens (including phenoxy) is 1. The van der Waals surface area contributed by atoms with Crippen molar-refractivity contribution >= 4 is 11.6 Å². The molecule has 1 amide bonds. The molecule has 0 saturated carbocycles. The molecule has 0 bridgehead atoms. The minimum Gasteiger partial charge on any atom is -0.457 e. The van der Waals surface area contributed by atoms with Crippen molar-refractivity contribution in [1.29, 1.82) is 0 Å². The lowest BCUT2D eigenvalue weighted by Gasteiger charge is -2.20. The predicted molar refractivity (Wildman–Crippen MR) is 140 cm³/mol. The van der Waals surface area contributed by atoms with Gasteiger partial charge in [-0.3, -0.25) is 14.5 Å². The summed E-state index contributed by atoms with van der Waals surface area (Å²) in [6.07, 6.45) is 0. The molecule has 0 spiro atoms. The van der Waals surface area contributed by atoms with Gasteiger partial charge >= 0.3 is 0 Å². The van der Waals surface area contributed by atoms with Crippen molar-refractivity contribution in [1.82, 2.24) is 9.47 Å². The van der Waals surface area contributed by atoms with Gasteiger partial charge in [0.15, 0.2) is 0 Å². The molecule has 178 valence electrons. The summed E-state index contributed by atoms with van der Waals surface area (Å²) in [5.41, 5.74) is 2.58. The summed E-state index contributed by atoms with van der Waals surface area (Å²) in [6, 6.07) is 30.2. The Hall–Kier alpha value is -4.16. The van der Waals surface area contributed by atoms with E-state index in [-0.39, 0.29) is 23.2 Å². The highest BCUT2D eigenvalue weighted by molar-refractivity contribution is 5.94. The van der Waals surface area contributed by atoms with E-state index in [2.05, 4.69) is 5.32 Å². The number of amides is 1. The molecule has 35 heavy (non-hydrogen) atoms. The Bertz CT molecular complexity index is 1350. The second kappa shape index (κ2) is 10.8. The SMILES string of the molecule is C[C@@H](C(=O)Nc1ccc(-c2ccccc2)n(Cc2cccc(Oc3ccccc3)c2)c1=O)N(C)C. The number of likely N-dealkylation sites (N-methyl/N-ethyl adjacent to an activating group) is 1. The topological polar surface area (TPSA) is 63.6 Å². The van der Waals surface area contributed by atoms with E-state index < -0.39 is 0 Å². The van der Waals surface area contributed by atoms with Gasteiger partial charge in [0.05, 0.1) is 18.3 Å². The van der Waals surface area contributed by atoms with Gasteiger partial charge in [0.1, 0.15) is 17.2 Å². The number of hydrogen-bond acceptors (Lipinski definition) is 4. The normalized spacial score (nSPS) is 11.8. The molecule has 0 radical (unpaired) electrons. The van der Waals surface area contributed by atoms with Crippen LogP contribution in [0.3, 0.4) is 0 Å². The number of benzene rings is 3. The quantitative estimate of drug-likeness (QED) is 0.385. The second-order valence-corrected chi connectivity index (χ2v) is 8.58. The summed E-state index contributed by atoms with van der Waals surface area (Å²) >= 11 is 0. The van der Waals surface area contributed by atoms with Crippen LogP contribution in [-0.2, 0) is 11.3 Å². The number of nitrogens with zero attached hydrogens (tertiary/aromatic N) is 2. The first-order valence-corrected chi connectivity index (χ1v) is 11.5. The third kappa shape index (κ3) is 5.86. The average molecular weight is 468 g/mol. The molecule has 0 aliphatic carbocycles. The maximum atomic E-state index is 13.6. The van der Waals surface area contributed by atoms with Crippen molar-refractivity contribution in [2.24, 2.45) is 0 Å². The number of rotatable bonds is 8. The fourth-order valence-corrected chi connectivity index (χ4v) is 3.68. The molecule has 0 aliphatic heterocycles. The smallest absolute Gasteiger partial charge is 0.275 e. The highest BCUT2D eigenvalue weighted by atomic mass is 16.5. The fourth-order valence-electron chi connectivity index (χ4n) is 3.68. The van der Waals surface area contributed by atoms with E-state index in [1.54, 1.807) is 22.5 Å². The van der Waals surface area contributed by atoms with Gasteiger partial charge in [0.2, 0.25) is 5.91 Å². The number of para-hydroxylation sites is 1. The van der Waals surface area contributed by atoms with Crippen LogP contribution in [0, 0.1) is 0 Å². The zero-order valence-corrected chi connectivity index (χ0v) is 20.1. The van der Waals surface area contributed by atoms with Crippen LogP contribution in [0.25, 0.3) is 11.3 Å². The third-order valence-corrected chi connectivity index (χ3v) is 5.87. The third-order valence-electron chi connectivity index (χ3n) is 5.87. The Morgan fingerprint density at radius 2 is 1.54 bits per heavy atom. The first kappa shape index (κ1) is 24.0. The summed E-state index contributed by atoms with van der Waals surface area (Å²) in [4.78, 5) is 28.0. The number of nitrogens with one attached hydrogen (secondary N) is 1. The van der Waals surface area contributed by atoms with Gasteiger partial charge < -0.3 is 14.6 Å². The molecule has 3 aromatic carbocycles. The van der Waals surface area contributed by atoms with Crippen LogP contribution >= 0.6 is 0 Å². The molecule has 0 saturated heterocycles. The summed E-state index contributed by atoms with van der Waals surface area (Å²) in [5.74, 6) is 1.20. The van der Waals surface area contributed by atoms with Gasteiger partial charge in [-0.15, -0.1) is 0 Å². The number of carbonyl (C=O) groups is 1. The molecular formula is C29H29N3O3. The molecule has 0 fully saturated rings. The Morgan fingerprint density at radius 1 is 0.886 bits per heavy atom. The van der Waals surface area contributed by atoms with Crippen LogP contribution in [0.4, 0.5) is 5.69 Å². The predicted octanol–water partition coefficient (Wildman–Crippen LogP) is 5.24. The fraction of sp³-hybridized carbons (Fsp3) is 0.172. The maximum Gasteiger partial charge on any atom is 0.275 e. The molecule has 4 rings (SSSR count). The molecule has 1 aromatic heterocycles. The minimum absolute atomic E-state index is 0.232. The Morgan fingerprint density at radius 3 is 2.23 bits per heavy atom. The Labute approximate surface area is 205 Å². The van der Waals surface area contributed by atoms with E-state index >= 15 is 0 Å². The van der Waals surface area contributed by atoms with Crippen molar-refractivity contribution in [3.8, 4) is 22.8 Å². The number of pyridine rings is 1. The maximum absolute atomic E-state index is 13.6. The van der Waals surface area contributed by atoms with Crippen LogP contribution in [-0.4, -0.2) is 35.5 Å². The second-order valence-electron chi connectivity index (χ2n) is 8.58. The zero-order chi connectivity index (χ0) is 24.8. The van der Waals surface area contributed by atoms with Crippen LogP contribution < -0.4 is 15.6 Å². The van der Waals surface area contributed by atoms with Gasteiger partial charge in [0.25, 0.3) is 5.56 Å². The van der Waals surface area contributed by atoms with Crippen molar-refractivity contribution in [2.75, 3.05) is 19.4 Å². The van der Waals surface area contributed by atoms with Gasteiger partial charge in [-0.1, -0.05) is 60.7 Å². The van der Waals surface area contributed by atoms with Crippen molar-refractivity contribution in [3.05, 3.63) is 113 Å². The largest absolute Gasteiger partial charge is 0.457 e. The monoisotopic (exact) mass is 467 g/mol. The average Bonchev–Trinajstić information content (AvgIpc) is 2.87. The number of anilines is 1. The van der Waals surface area contributed by atoms with E-state index in [9.17, 15) is 9.59 Å². The number of carbonyl (C=O) groups excluding carboxylic acids is 1. The lowest BCUT2D eigenvalue weighted by molar-refractivity contribution is -0.119. The standard InChI is InChI=1S/C29H29N3O3/c1-21(31(2)3)28(33)30-26-17-18-27(23-12-6-4-7-13-23)32(29(26)34)20-22-11-10-16-25(19-22)35-24-14-8-5-9-15-24/h4-19,21H,20H2,1-3H3,(H,30,33)/t21-/m0/s1. The molecule has 4 aromatic rings. The summed E-state index contributed by atoms with van der Waals surface area (Å²) in [7, 11) is 3.65. The summed E-state index contributed by atoms with van der Waals surface area (Å²) < 4.78 is 7.67. The summed E-state index contributed by atoms with van der Waals surface area (Å²) in [5, 5.41) is 2.80. The van der Waals surface area contributed by atoms with Gasteiger partial charge in [-0.2, -0.15) is 0 Å². The number of hydrogen-bond donors (Lipinski definition) is 1. The zero-order valence-electron chi connectivity index (χ0n) is 20.1. The molecule has 1 atom stereocenters. The van der Waals surface area contributed by atoms with E-state index in [4.69, 9.17) is 4.74 Å². The van der Waals surface area contributed by atoms with E-state index in [0.29, 0.717) is 12.3 Å². The highest BCUT2D eigenvalue weighted by Crippen LogP contribution is 2.24. The molecular weight excluding hydrogens is 438 g/mol. The highest BCUT2D eigenvalue weighted by Gasteiger charge is 2.18. The molecule has 6 heteroatoms. The van der Waals surface area contributed by atoms with Gasteiger partial charge in [-0.25, -0.2) is 0 Å². The Balaban J connectivity index is 1.70. The van der Waals surface area contributed by atoms with Gasteiger partial charge in [0, 0.05) is 0 Å². The first-order chi connectivity index (χ1) is 16.9.